The number of amides is 1. The molecule has 1 unspecified atom stereocenters. The summed E-state index contributed by atoms with van der Waals surface area (Å²) in [6, 6.07) is 0. The van der Waals surface area contributed by atoms with Crippen molar-refractivity contribution < 1.29 is 14.7 Å². The molecule has 0 bridgehead atoms. The molecule has 0 spiro atoms. The topological polar surface area (TPSA) is 57.6 Å². The highest BCUT2D eigenvalue weighted by Crippen LogP contribution is 2.32. The fourth-order valence-corrected chi connectivity index (χ4v) is 3.59. The maximum absolute atomic E-state index is 11.9. The summed E-state index contributed by atoms with van der Waals surface area (Å²) in [5.41, 5.74) is -0.654. The third kappa shape index (κ3) is 3.48. The van der Waals surface area contributed by atoms with Gasteiger partial charge >= 0.3 is 0 Å². The monoisotopic (exact) mass is 271 g/mol. The van der Waals surface area contributed by atoms with E-state index in [0.29, 0.717) is 19.5 Å². The van der Waals surface area contributed by atoms with Crippen molar-refractivity contribution in [2.24, 2.45) is 5.92 Å². The number of β-amino-alcohol motifs (C(OH)–C–C–N with tert-alkyl or cyclic N) is 1. The summed E-state index contributed by atoms with van der Waals surface area (Å²) >= 11 is 1.29. The fourth-order valence-electron chi connectivity index (χ4n) is 2.90. The molecule has 4 nitrogen and oxygen atoms in total. The molecule has 1 atom stereocenters. The lowest BCUT2D eigenvalue weighted by molar-refractivity contribution is -0.130. The molecule has 102 valence electrons. The lowest BCUT2D eigenvalue weighted by atomic mass is 10.0. The average molecular weight is 271 g/mol. The Kier molecular flexibility index (Phi) is 4.33. The first-order valence-electron chi connectivity index (χ1n) is 6.62. The Balaban J connectivity index is 1.83. The van der Waals surface area contributed by atoms with Crippen molar-refractivity contribution in [1.82, 2.24) is 4.90 Å². The zero-order chi connectivity index (χ0) is 13.2. The summed E-state index contributed by atoms with van der Waals surface area (Å²) in [6.07, 6.45) is 4.26. The van der Waals surface area contributed by atoms with Crippen LogP contribution in [-0.2, 0) is 9.59 Å². The summed E-state index contributed by atoms with van der Waals surface area (Å²) in [5, 5.41) is 10.4. The molecule has 1 saturated heterocycles. The van der Waals surface area contributed by atoms with Crippen molar-refractivity contribution >= 4 is 22.8 Å². The highest BCUT2D eigenvalue weighted by molar-refractivity contribution is 8.13. The number of carbonyl (C=O) groups is 2. The minimum absolute atomic E-state index is 0.107. The number of rotatable bonds is 4. The summed E-state index contributed by atoms with van der Waals surface area (Å²) in [7, 11) is 0. The molecule has 0 aromatic heterocycles. The smallest absolute Gasteiger partial charge is 0.223 e. The van der Waals surface area contributed by atoms with Crippen LogP contribution in [0.1, 0.15) is 39.0 Å². The van der Waals surface area contributed by atoms with E-state index >= 15 is 0 Å². The average Bonchev–Trinajstić information content (AvgIpc) is 2.84. The molecule has 2 rings (SSSR count). The van der Waals surface area contributed by atoms with E-state index in [0.717, 1.165) is 31.4 Å². The number of likely N-dealkylation sites (tertiary alicyclic amines) is 1. The van der Waals surface area contributed by atoms with E-state index in [1.165, 1.54) is 11.8 Å². The SMILES string of the molecule is CC(=O)SCC1CC(=O)N(CC2(O)CCCC2)C1. The van der Waals surface area contributed by atoms with Gasteiger partial charge in [-0.1, -0.05) is 24.6 Å². The van der Waals surface area contributed by atoms with Gasteiger partial charge in [0.1, 0.15) is 0 Å². The highest BCUT2D eigenvalue weighted by atomic mass is 32.2. The van der Waals surface area contributed by atoms with E-state index in [1.54, 1.807) is 11.8 Å². The Bertz CT molecular complexity index is 339. The predicted octanol–water partition coefficient (Wildman–Crippen LogP) is 1.42. The van der Waals surface area contributed by atoms with Crippen LogP contribution in [0.4, 0.5) is 0 Å². The van der Waals surface area contributed by atoms with E-state index in [1.807, 2.05) is 0 Å². The van der Waals surface area contributed by atoms with Crippen molar-refractivity contribution in [3.8, 4) is 0 Å². The van der Waals surface area contributed by atoms with Crippen LogP contribution < -0.4 is 0 Å². The van der Waals surface area contributed by atoms with E-state index in [9.17, 15) is 14.7 Å². The molecular formula is C13H21NO3S. The van der Waals surface area contributed by atoms with Gasteiger partial charge < -0.3 is 10.0 Å². The summed E-state index contributed by atoms with van der Waals surface area (Å²) < 4.78 is 0. The Hall–Kier alpha value is -0.550. The van der Waals surface area contributed by atoms with Crippen molar-refractivity contribution in [2.45, 2.75) is 44.6 Å². The Morgan fingerprint density at radius 1 is 1.50 bits per heavy atom. The molecule has 0 aromatic rings. The van der Waals surface area contributed by atoms with Crippen molar-refractivity contribution in [3.63, 3.8) is 0 Å². The molecule has 0 radical (unpaired) electrons. The minimum atomic E-state index is -0.654. The van der Waals surface area contributed by atoms with E-state index in [-0.39, 0.29) is 16.9 Å². The second-order valence-electron chi connectivity index (χ2n) is 5.58. The first kappa shape index (κ1) is 13.9. The van der Waals surface area contributed by atoms with Gasteiger partial charge in [0, 0.05) is 32.2 Å². The van der Waals surface area contributed by atoms with Crippen LogP contribution >= 0.6 is 11.8 Å². The number of hydrogen-bond donors (Lipinski definition) is 1. The van der Waals surface area contributed by atoms with Crippen molar-refractivity contribution in [3.05, 3.63) is 0 Å². The van der Waals surface area contributed by atoms with Crippen LogP contribution in [-0.4, -0.2) is 45.5 Å². The third-order valence-electron chi connectivity index (χ3n) is 3.84. The first-order valence-corrected chi connectivity index (χ1v) is 7.61. The Morgan fingerprint density at radius 3 is 2.78 bits per heavy atom. The van der Waals surface area contributed by atoms with Gasteiger partial charge in [-0.2, -0.15) is 0 Å². The number of nitrogens with zero attached hydrogens (tertiary/aromatic N) is 1. The molecule has 1 heterocycles. The molecule has 0 aromatic carbocycles. The molecule has 1 N–H and O–H groups in total. The molecule has 1 amide bonds. The molecular weight excluding hydrogens is 250 g/mol. The Labute approximate surface area is 112 Å². The van der Waals surface area contributed by atoms with Gasteiger partial charge in [-0.3, -0.25) is 9.59 Å². The zero-order valence-corrected chi connectivity index (χ0v) is 11.7. The van der Waals surface area contributed by atoms with E-state index in [4.69, 9.17) is 0 Å². The lowest BCUT2D eigenvalue weighted by Crippen LogP contribution is -2.41. The first-order chi connectivity index (χ1) is 8.48. The molecule has 5 heteroatoms. The summed E-state index contributed by atoms with van der Waals surface area (Å²) in [4.78, 5) is 24.6. The van der Waals surface area contributed by atoms with E-state index < -0.39 is 5.60 Å². The van der Waals surface area contributed by atoms with Crippen molar-refractivity contribution in [2.75, 3.05) is 18.8 Å². The number of carbonyl (C=O) groups excluding carboxylic acids is 2. The largest absolute Gasteiger partial charge is 0.388 e. The van der Waals surface area contributed by atoms with Crippen LogP contribution in [0.15, 0.2) is 0 Å². The zero-order valence-electron chi connectivity index (χ0n) is 10.9. The van der Waals surface area contributed by atoms with Gasteiger partial charge in [0.15, 0.2) is 5.12 Å². The molecule has 2 fully saturated rings. The van der Waals surface area contributed by atoms with Gasteiger partial charge in [0.2, 0.25) is 5.91 Å². The maximum atomic E-state index is 11.9. The van der Waals surface area contributed by atoms with Gasteiger partial charge in [-0.05, 0) is 18.8 Å². The number of aliphatic hydroxyl groups is 1. The Morgan fingerprint density at radius 2 is 2.17 bits per heavy atom. The molecule has 1 saturated carbocycles. The van der Waals surface area contributed by atoms with Gasteiger partial charge in [0.05, 0.1) is 5.60 Å². The van der Waals surface area contributed by atoms with Gasteiger partial charge in [0.25, 0.3) is 0 Å². The van der Waals surface area contributed by atoms with Crippen LogP contribution in [0.3, 0.4) is 0 Å². The number of hydrogen-bond acceptors (Lipinski definition) is 4. The normalized spacial score (nSPS) is 26.9. The second-order valence-corrected chi connectivity index (χ2v) is 6.78. The van der Waals surface area contributed by atoms with Crippen LogP contribution in [0.5, 0.6) is 0 Å². The highest BCUT2D eigenvalue weighted by Gasteiger charge is 2.38. The van der Waals surface area contributed by atoms with Gasteiger partial charge in [-0.25, -0.2) is 0 Å². The molecule has 18 heavy (non-hydrogen) atoms. The second kappa shape index (κ2) is 5.61. The fraction of sp³-hybridized carbons (Fsp3) is 0.846. The van der Waals surface area contributed by atoms with Crippen LogP contribution in [0.2, 0.25) is 0 Å². The molecule has 2 aliphatic rings. The van der Waals surface area contributed by atoms with Crippen LogP contribution in [0, 0.1) is 5.92 Å². The van der Waals surface area contributed by atoms with Crippen LogP contribution in [0.25, 0.3) is 0 Å². The lowest BCUT2D eigenvalue weighted by Gasteiger charge is -2.28. The summed E-state index contributed by atoms with van der Waals surface area (Å²) in [6.45, 7) is 2.73. The summed E-state index contributed by atoms with van der Waals surface area (Å²) in [5.74, 6) is 1.11. The quantitative estimate of drug-likeness (QED) is 0.840. The molecule has 1 aliphatic heterocycles. The van der Waals surface area contributed by atoms with Gasteiger partial charge in [-0.15, -0.1) is 0 Å². The maximum Gasteiger partial charge on any atom is 0.223 e. The van der Waals surface area contributed by atoms with E-state index in [2.05, 4.69) is 0 Å². The molecule has 1 aliphatic carbocycles. The number of thioether (sulfide) groups is 1. The minimum Gasteiger partial charge on any atom is -0.388 e. The van der Waals surface area contributed by atoms with Crippen molar-refractivity contribution in [1.29, 1.82) is 0 Å². The predicted molar refractivity (Wildman–Crippen MR) is 71.2 cm³/mol. The third-order valence-corrected chi connectivity index (χ3v) is 4.88. The standard InChI is InChI=1S/C13H21NO3S/c1-10(15)18-8-11-6-12(16)14(7-11)9-13(17)4-2-3-5-13/h11,17H,2-9H2,1H3.